The molecule has 2 rings (SSSR count). The van der Waals surface area contributed by atoms with Crippen molar-refractivity contribution < 1.29 is 13.9 Å². The highest BCUT2D eigenvalue weighted by atomic mass is 19.1. The smallest absolute Gasteiger partial charge is 0.257 e. The van der Waals surface area contributed by atoms with Crippen LogP contribution in [0.5, 0.6) is 5.75 Å². The van der Waals surface area contributed by atoms with E-state index in [-0.39, 0.29) is 11.5 Å². The first-order valence-corrected chi connectivity index (χ1v) is 6.26. The molecule has 0 spiro atoms. The van der Waals surface area contributed by atoms with Gasteiger partial charge in [0.15, 0.2) is 0 Å². The minimum absolute atomic E-state index is 0.287. The number of halogens is 1. The van der Waals surface area contributed by atoms with E-state index in [0.717, 1.165) is 11.6 Å². The summed E-state index contributed by atoms with van der Waals surface area (Å²) in [6, 6.07) is 8.03. The number of ether oxygens (including phenoxy) is 1. The van der Waals surface area contributed by atoms with Crippen LogP contribution in [0.1, 0.15) is 22.8 Å². The number of aromatic nitrogens is 1. The third-order valence-electron chi connectivity index (χ3n) is 2.67. The second-order valence-corrected chi connectivity index (χ2v) is 4.26. The predicted octanol–water partition coefficient (Wildman–Crippen LogP) is 3.18. The molecular weight excluding hydrogens is 259 g/mol. The van der Waals surface area contributed by atoms with Crippen molar-refractivity contribution in [2.45, 2.75) is 13.8 Å². The van der Waals surface area contributed by atoms with Crippen molar-refractivity contribution in [2.75, 3.05) is 11.9 Å². The SMILES string of the molecule is CCOc1cc(C)ccc1NC(=O)c1ccc(F)nc1. The zero-order valence-electron chi connectivity index (χ0n) is 11.3. The van der Waals surface area contributed by atoms with Gasteiger partial charge in [-0.1, -0.05) is 6.07 Å². The van der Waals surface area contributed by atoms with E-state index in [2.05, 4.69) is 10.3 Å². The Hall–Kier alpha value is -2.43. The van der Waals surface area contributed by atoms with Gasteiger partial charge in [0.1, 0.15) is 5.75 Å². The van der Waals surface area contributed by atoms with Gasteiger partial charge >= 0.3 is 0 Å². The van der Waals surface area contributed by atoms with Crippen LogP contribution >= 0.6 is 0 Å². The number of pyridine rings is 1. The quantitative estimate of drug-likeness (QED) is 0.871. The van der Waals surface area contributed by atoms with Crippen molar-refractivity contribution >= 4 is 11.6 Å². The van der Waals surface area contributed by atoms with Crippen LogP contribution in [0.3, 0.4) is 0 Å². The van der Waals surface area contributed by atoms with Gasteiger partial charge in [0.05, 0.1) is 17.9 Å². The lowest BCUT2D eigenvalue weighted by Gasteiger charge is -2.12. The number of amides is 1. The summed E-state index contributed by atoms with van der Waals surface area (Å²) in [5.41, 5.74) is 1.90. The minimum atomic E-state index is -0.619. The maximum atomic E-state index is 12.7. The van der Waals surface area contributed by atoms with E-state index in [4.69, 9.17) is 4.74 Å². The van der Waals surface area contributed by atoms with Crippen LogP contribution in [0.25, 0.3) is 0 Å². The van der Waals surface area contributed by atoms with E-state index in [9.17, 15) is 9.18 Å². The van der Waals surface area contributed by atoms with Crippen molar-refractivity contribution in [1.82, 2.24) is 4.98 Å². The number of nitrogens with one attached hydrogen (secondary N) is 1. The van der Waals surface area contributed by atoms with Crippen LogP contribution in [0.2, 0.25) is 0 Å². The van der Waals surface area contributed by atoms with Crippen LogP contribution < -0.4 is 10.1 Å². The first-order chi connectivity index (χ1) is 9.60. The van der Waals surface area contributed by atoms with E-state index >= 15 is 0 Å². The van der Waals surface area contributed by atoms with Crippen molar-refractivity contribution in [2.24, 2.45) is 0 Å². The zero-order valence-corrected chi connectivity index (χ0v) is 11.3. The Bertz CT molecular complexity index is 612. The molecule has 5 heteroatoms. The van der Waals surface area contributed by atoms with Crippen LogP contribution in [0.4, 0.5) is 10.1 Å². The largest absolute Gasteiger partial charge is 0.492 e. The highest BCUT2D eigenvalue weighted by Gasteiger charge is 2.10. The Kier molecular flexibility index (Phi) is 4.30. The van der Waals surface area contributed by atoms with E-state index < -0.39 is 5.95 Å². The number of rotatable bonds is 4. The topological polar surface area (TPSA) is 51.2 Å². The summed E-state index contributed by atoms with van der Waals surface area (Å²) < 4.78 is 18.2. The van der Waals surface area contributed by atoms with Crippen LogP contribution in [-0.2, 0) is 0 Å². The lowest BCUT2D eigenvalue weighted by Crippen LogP contribution is -2.13. The van der Waals surface area contributed by atoms with Crippen LogP contribution in [0, 0.1) is 12.9 Å². The van der Waals surface area contributed by atoms with Crippen molar-refractivity contribution in [3.05, 3.63) is 53.6 Å². The predicted molar refractivity (Wildman–Crippen MR) is 74.5 cm³/mol. The number of hydrogen-bond acceptors (Lipinski definition) is 3. The van der Waals surface area contributed by atoms with Crippen molar-refractivity contribution in [3.8, 4) is 5.75 Å². The first kappa shape index (κ1) is 14.0. The molecule has 0 radical (unpaired) electrons. The molecule has 0 fully saturated rings. The zero-order chi connectivity index (χ0) is 14.5. The molecule has 0 unspecified atom stereocenters. The summed E-state index contributed by atoms with van der Waals surface area (Å²) in [6.45, 7) is 4.32. The molecular formula is C15H15FN2O2. The molecule has 0 saturated heterocycles. The molecule has 0 bridgehead atoms. The van der Waals surface area contributed by atoms with Gasteiger partial charge in [0.25, 0.3) is 5.91 Å². The van der Waals surface area contributed by atoms with Gasteiger partial charge in [0.2, 0.25) is 5.95 Å². The lowest BCUT2D eigenvalue weighted by molar-refractivity contribution is 0.102. The molecule has 0 atom stereocenters. The van der Waals surface area contributed by atoms with E-state index in [1.807, 2.05) is 26.0 Å². The minimum Gasteiger partial charge on any atom is -0.492 e. The molecule has 0 aliphatic heterocycles. The summed E-state index contributed by atoms with van der Waals surface area (Å²) in [6.07, 6.45) is 1.19. The molecule has 4 nitrogen and oxygen atoms in total. The molecule has 2 aromatic rings. The Morgan fingerprint density at radius 1 is 1.35 bits per heavy atom. The third-order valence-corrected chi connectivity index (χ3v) is 2.67. The molecule has 104 valence electrons. The maximum Gasteiger partial charge on any atom is 0.257 e. The van der Waals surface area contributed by atoms with Crippen molar-refractivity contribution in [3.63, 3.8) is 0 Å². The molecule has 1 N–H and O–H groups in total. The first-order valence-electron chi connectivity index (χ1n) is 6.26. The second kappa shape index (κ2) is 6.14. The third kappa shape index (κ3) is 3.32. The summed E-state index contributed by atoms with van der Waals surface area (Å²) in [7, 11) is 0. The number of carbonyl (C=O) groups is 1. The number of aryl methyl sites for hydroxylation is 1. The Morgan fingerprint density at radius 3 is 2.80 bits per heavy atom. The van der Waals surface area contributed by atoms with Gasteiger partial charge in [-0.3, -0.25) is 4.79 Å². The van der Waals surface area contributed by atoms with E-state index in [0.29, 0.717) is 18.0 Å². The van der Waals surface area contributed by atoms with Gasteiger partial charge in [0, 0.05) is 6.20 Å². The maximum absolute atomic E-state index is 12.7. The standard InChI is InChI=1S/C15H15FN2O2/c1-3-20-13-8-10(2)4-6-12(13)18-15(19)11-5-7-14(16)17-9-11/h4-9H,3H2,1-2H3,(H,18,19). The Labute approximate surface area is 116 Å². The van der Waals surface area contributed by atoms with Gasteiger partial charge in [-0.25, -0.2) is 4.98 Å². The monoisotopic (exact) mass is 274 g/mol. The summed E-state index contributed by atoms with van der Waals surface area (Å²) >= 11 is 0. The highest BCUT2D eigenvalue weighted by Crippen LogP contribution is 2.26. The van der Waals surface area contributed by atoms with Gasteiger partial charge < -0.3 is 10.1 Å². The average molecular weight is 274 g/mol. The summed E-state index contributed by atoms with van der Waals surface area (Å²) in [5.74, 6) is -0.370. The fraction of sp³-hybridized carbons (Fsp3) is 0.200. The molecule has 20 heavy (non-hydrogen) atoms. The molecule has 1 heterocycles. The van der Waals surface area contributed by atoms with Gasteiger partial charge in [-0.2, -0.15) is 4.39 Å². The number of benzene rings is 1. The van der Waals surface area contributed by atoms with Gasteiger partial charge in [-0.05, 0) is 43.7 Å². The molecule has 1 aromatic carbocycles. The van der Waals surface area contributed by atoms with Crippen LogP contribution in [0.15, 0.2) is 36.5 Å². The number of hydrogen-bond donors (Lipinski definition) is 1. The highest BCUT2D eigenvalue weighted by molar-refractivity contribution is 6.04. The summed E-state index contributed by atoms with van der Waals surface area (Å²) in [5, 5.41) is 2.73. The Morgan fingerprint density at radius 2 is 2.15 bits per heavy atom. The number of anilines is 1. The van der Waals surface area contributed by atoms with E-state index in [1.165, 1.54) is 12.3 Å². The van der Waals surface area contributed by atoms with E-state index in [1.54, 1.807) is 6.07 Å². The molecule has 0 aliphatic carbocycles. The number of carbonyl (C=O) groups excluding carboxylic acids is 1. The molecule has 0 saturated carbocycles. The fourth-order valence-corrected chi connectivity index (χ4v) is 1.71. The second-order valence-electron chi connectivity index (χ2n) is 4.26. The van der Waals surface area contributed by atoms with Crippen LogP contribution in [-0.4, -0.2) is 17.5 Å². The lowest BCUT2D eigenvalue weighted by atomic mass is 10.2. The number of nitrogens with zero attached hydrogens (tertiary/aromatic N) is 1. The Balaban J connectivity index is 2.21. The fourth-order valence-electron chi connectivity index (χ4n) is 1.71. The van der Waals surface area contributed by atoms with Gasteiger partial charge in [-0.15, -0.1) is 0 Å². The van der Waals surface area contributed by atoms with Crippen molar-refractivity contribution in [1.29, 1.82) is 0 Å². The molecule has 0 aliphatic rings. The average Bonchev–Trinajstić information content (AvgIpc) is 2.43. The molecule has 1 aromatic heterocycles. The summed E-state index contributed by atoms with van der Waals surface area (Å²) in [4.78, 5) is 15.5. The normalized spacial score (nSPS) is 10.2. The molecule has 1 amide bonds.